The fraction of sp³-hybridized carbons (Fsp3) is 0.280. The lowest BCUT2D eigenvalue weighted by atomic mass is 9.81. The van der Waals surface area contributed by atoms with Crippen molar-refractivity contribution in [2.45, 2.75) is 37.8 Å². The van der Waals surface area contributed by atoms with Crippen molar-refractivity contribution in [3.8, 4) is 11.3 Å². The monoisotopic (exact) mass is 463 g/mol. The molecule has 2 bridgehead atoms. The number of pyridine rings is 2. The minimum Gasteiger partial charge on any atom is -0.325 e. The number of fused-ring (bicyclic) bond motifs is 5. The lowest BCUT2D eigenvalue weighted by Gasteiger charge is -2.45. The number of amides is 1. The van der Waals surface area contributed by atoms with Gasteiger partial charge in [-0.25, -0.2) is 18.2 Å². The number of hydrogen-bond donors (Lipinski definition) is 0. The van der Waals surface area contributed by atoms with E-state index in [1.54, 1.807) is 36.1 Å². The molecule has 172 valence electrons. The van der Waals surface area contributed by atoms with E-state index in [-0.39, 0.29) is 23.6 Å². The third kappa shape index (κ3) is 3.10. The Morgan fingerprint density at radius 2 is 1.85 bits per heavy atom. The summed E-state index contributed by atoms with van der Waals surface area (Å²) in [7, 11) is 1.70. The molecule has 2 aliphatic rings. The van der Waals surface area contributed by atoms with E-state index in [4.69, 9.17) is 0 Å². The molecule has 34 heavy (non-hydrogen) atoms. The van der Waals surface area contributed by atoms with Crippen molar-refractivity contribution in [2.75, 3.05) is 0 Å². The summed E-state index contributed by atoms with van der Waals surface area (Å²) in [6.45, 7) is 0. The SMILES string of the molecule is Cn1nc2c(c1-c1cc(F)c(F)c(F)c1)C[C@@H]1CCC[C@H]2N1C(=O)c1ccc2ncccc2n1. The highest BCUT2D eigenvalue weighted by molar-refractivity contribution is 5.95. The zero-order valence-corrected chi connectivity index (χ0v) is 18.3. The van der Waals surface area contributed by atoms with Crippen LogP contribution in [-0.4, -0.2) is 36.6 Å². The molecule has 0 aliphatic carbocycles. The normalized spacial score (nSPS) is 19.4. The molecule has 1 saturated heterocycles. The number of piperidine rings is 1. The summed E-state index contributed by atoms with van der Waals surface area (Å²) in [5.41, 5.74) is 4.06. The maximum Gasteiger partial charge on any atom is 0.273 e. The minimum atomic E-state index is -1.49. The molecule has 1 aromatic carbocycles. The molecule has 0 radical (unpaired) electrons. The van der Waals surface area contributed by atoms with Crippen LogP contribution in [0.2, 0.25) is 0 Å². The number of benzene rings is 1. The standard InChI is InChI=1S/C25H20F3N5O/c1-32-24(13-10-16(26)22(28)17(27)11-13)15-12-14-4-2-6-21(23(15)31-32)33(14)25(34)20-8-7-18-19(30-20)5-3-9-29-18/h3,5,7-11,14,21H,2,4,6,12H2,1H3/t14-,21+/m0/s1. The van der Waals surface area contributed by atoms with Crippen LogP contribution in [0.5, 0.6) is 0 Å². The smallest absolute Gasteiger partial charge is 0.273 e. The second-order valence-electron chi connectivity index (χ2n) is 8.85. The van der Waals surface area contributed by atoms with Gasteiger partial charge >= 0.3 is 0 Å². The van der Waals surface area contributed by atoms with E-state index < -0.39 is 17.5 Å². The van der Waals surface area contributed by atoms with Gasteiger partial charge in [0.2, 0.25) is 0 Å². The van der Waals surface area contributed by atoms with E-state index in [1.165, 1.54) is 0 Å². The van der Waals surface area contributed by atoms with Gasteiger partial charge in [-0.15, -0.1) is 0 Å². The summed E-state index contributed by atoms with van der Waals surface area (Å²) >= 11 is 0. The van der Waals surface area contributed by atoms with E-state index in [9.17, 15) is 18.0 Å². The number of aromatic nitrogens is 4. The van der Waals surface area contributed by atoms with Crippen molar-refractivity contribution in [3.05, 3.63) is 77.0 Å². The zero-order valence-electron chi connectivity index (χ0n) is 18.3. The second kappa shape index (κ2) is 7.65. The summed E-state index contributed by atoms with van der Waals surface area (Å²) in [4.78, 5) is 24.3. The largest absolute Gasteiger partial charge is 0.325 e. The first-order valence-corrected chi connectivity index (χ1v) is 11.2. The lowest BCUT2D eigenvalue weighted by molar-refractivity contribution is 0.0386. The Labute approximate surface area is 193 Å². The van der Waals surface area contributed by atoms with Crippen molar-refractivity contribution in [1.29, 1.82) is 0 Å². The Morgan fingerprint density at radius 1 is 1.06 bits per heavy atom. The number of rotatable bonds is 2. The van der Waals surface area contributed by atoms with Crippen LogP contribution in [0.1, 0.15) is 47.1 Å². The van der Waals surface area contributed by atoms with Gasteiger partial charge in [0, 0.05) is 30.4 Å². The van der Waals surface area contributed by atoms with Crippen molar-refractivity contribution < 1.29 is 18.0 Å². The second-order valence-corrected chi connectivity index (χ2v) is 8.85. The van der Waals surface area contributed by atoms with Crippen LogP contribution in [0, 0.1) is 17.5 Å². The average Bonchev–Trinajstić information content (AvgIpc) is 3.16. The molecular formula is C25H20F3N5O. The average molecular weight is 463 g/mol. The predicted molar refractivity (Wildman–Crippen MR) is 118 cm³/mol. The third-order valence-corrected chi connectivity index (χ3v) is 6.84. The van der Waals surface area contributed by atoms with Gasteiger partial charge in [0.05, 0.1) is 28.5 Å². The third-order valence-electron chi connectivity index (χ3n) is 6.84. The molecule has 1 fully saturated rings. The van der Waals surface area contributed by atoms with Gasteiger partial charge in [-0.05, 0) is 62.1 Å². The van der Waals surface area contributed by atoms with Gasteiger partial charge < -0.3 is 4.90 Å². The van der Waals surface area contributed by atoms with Crippen LogP contribution in [0.4, 0.5) is 13.2 Å². The lowest BCUT2D eigenvalue weighted by Crippen LogP contribution is -2.50. The first-order valence-electron chi connectivity index (χ1n) is 11.2. The van der Waals surface area contributed by atoms with Crippen LogP contribution < -0.4 is 0 Å². The quantitative estimate of drug-likeness (QED) is 0.403. The highest BCUT2D eigenvalue weighted by Crippen LogP contribution is 2.45. The summed E-state index contributed by atoms with van der Waals surface area (Å²) in [6.07, 6.45) is 4.65. The molecule has 0 spiro atoms. The van der Waals surface area contributed by atoms with Crippen LogP contribution in [0.3, 0.4) is 0 Å². The highest BCUT2D eigenvalue weighted by atomic mass is 19.2. The minimum absolute atomic E-state index is 0.0942. The Bertz CT molecular complexity index is 1440. The van der Waals surface area contributed by atoms with Crippen LogP contribution in [-0.2, 0) is 13.5 Å². The summed E-state index contributed by atoms with van der Waals surface area (Å²) in [5.74, 6) is -4.15. The van der Waals surface area contributed by atoms with E-state index >= 15 is 0 Å². The molecule has 0 unspecified atom stereocenters. The molecule has 6 nitrogen and oxygen atoms in total. The highest BCUT2D eigenvalue weighted by Gasteiger charge is 2.44. The fourth-order valence-electron chi connectivity index (χ4n) is 5.41. The molecule has 3 aromatic heterocycles. The Kier molecular flexibility index (Phi) is 4.68. The zero-order chi connectivity index (χ0) is 23.6. The van der Waals surface area contributed by atoms with E-state index in [2.05, 4.69) is 15.1 Å². The van der Waals surface area contributed by atoms with Crippen molar-refractivity contribution in [2.24, 2.45) is 7.05 Å². The fourth-order valence-corrected chi connectivity index (χ4v) is 5.41. The number of hydrogen-bond acceptors (Lipinski definition) is 4. The van der Waals surface area contributed by atoms with E-state index in [0.717, 1.165) is 42.7 Å². The summed E-state index contributed by atoms with van der Waals surface area (Å²) in [5, 5.41) is 4.66. The van der Waals surface area contributed by atoms with Gasteiger partial charge in [-0.1, -0.05) is 0 Å². The molecule has 4 aromatic rings. The molecule has 2 atom stereocenters. The maximum atomic E-state index is 14.0. The van der Waals surface area contributed by atoms with Gasteiger partial charge in [0.15, 0.2) is 17.5 Å². The van der Waals surface area contributed by atoms with Crippen molar-refractivity contribution in [3.63, 3.8) is 0 Å². The van der Waals surface area contributed by atoms with E-state index in [0.29, 0.717) is 28.8 Å². The maximum absolute atomic E-state index is 14.0. The van der Waals surface area contributed by atoms with Crippen molar-refractivity contribution >= 4 is 16.9 Å². The molecule has 1 amide bonds. The molecule has 2 aliphatic heterocycles. The number of halogens is 3. The first kappa shape index (κ1) is 20.8. The molecule has 9 heteroatoms. The van der Waals surface area contributed by atoms with Gasteiger partial charge in [-0.2, -0.15) is 5.10 Å². The topological polar surface area (TPSA) is 63.9 Å². The Hall–Kier alpha value is -3.75. The number of carbonyl (C=O) groups excluding carboxylic acids is 1. The number of carbonyl (C=O) groups is 1. The van der Waals surface area contributed by atoms with Crippen LogP contribution in [0.25, 0.3) is 22.3 Å². The van der Waals surface area contributed by atoms with E-state index in [1.807, 2.05) is 11.0 Å². The molecular weight excluding hydrogens is 443 g/mol. The summed E-state index contributed by atoms with van der Waals surface area (Å²) < 4.78 is 43.1. The van der Waals surface area contributed by atoms with Crippen molar-refractivity contribution in [1.82, 2.24) is 24.6 Å². The molecule has 6 rings (SSSR count). The van der Waals surface area contributed by atoms with Gasteiger partial charge in [0.1, 0.15) is 5.69 Å². The Balaban J connectivity index is 1.42. The molecule has 5 heterocycles. The van der Waals surface area contributed by atoms with Crippen LogP contribution >= 0.6 is 0 Å². The Morgan fingerprint density at radius 3 is 2.65 bits per heavy atom. The number of aryl methyl sites for hydroxylation is 1. The first-order chi connectivity index (χ1) is 16.4. The van der Waals surface area contributed by atoms with Gasteiger partial charge in [-0.3, -0.25) is 14.5 Å². The predicted octanol–water partition coefficient (Wildman–Crippen LogP) is 4.74. The van der Waals surface area contributed by atoms with Crippen LogP contribution in [0.15, 0.2) is 42.6 Å². The number of nitrogens with zero attached hydrogens (tertiary/aromatic N) is 5. The molecule has 0 saturated carbocycles. The van der Waals surface area contributed by atoms with Gasteiger partial charge in [0.25, 0.3) is 5.91 Å². The summed E-state index contributed by atoms with van der Waals surface area (Å²) in [6, 6.07) is 8.71. The molecule has 0 N–H and O–H groups in total.